The van der Waals surface area contributed by atoms with E-state index >= 15 is 0 Å². The van der Waals surface area contributed by atoms with Gasteiger partial charge in [-0.05, 0) is 12.1 Å². The van der Waals surface area contributed by atoms with E-state index in [2.05, 4.69) is 22.1 Å². The van der Waals surface area contributed by atoms with Crippen LogP contribution in [0.25, 0.3) is 11.3 Å². The Morgan fingerprint density at radius 1 is 1.31 bits per heavy atom. The monoisotopic (exact) mass is 216 g/mol. The first-order valence-corrected chi connectivity index (χ1v) is 5.15. The molecule has 0 bridgehead atoms. The van der Waals surface area contributed by atoms with Crippen LogP contribution in [0.1, 0.15) is 0 Å². The number of hydrogen-bond acceptors (Lipinski definition) is 3. The summed E-state index contributed by atoms with van der Waals surface area (Å²) in [5.74, 6) is 0. The zero-order valence-corrected chi connectivity index (χ0v) is 9.81. The molecular weight excluding hydrogens is 200 g/mol. The molecule has 0 aliphatic carbocycles. The van der Waals surface area contributed by atoms with Gasteiger partial charge in [0, 0.05) is 32.4 Å². The molecule has 2 rings (SSSR count). The number of nitrogen functional groups attached to an aromatic ring is 1. The predicted octanol–water partition coefficient (Wildman–Crippen LogP) is 1.74. The SMILES string of the molecule is CN(C)c1cccc(-c2c(N)cnn2C)c1. The van der Waals surface area contributed by atoms with E-state index in [1.54, 1.807) is 10.9 Å². The Balaban J connectivity index is 2.52. The second kappa shape index (κ2) is 3.89. The molecule has 2 aromatic rings. The van der Waals surface area contributed by atoms with Crippen molar-refractivity contribution >= 4 is 11.4 Å². The van der Waals surface area contributed by atoms with Gasteiger partial charge < -0.3 is 10.6 Å². The van der Waals surface area contributed by atoms with E-state index in [9.17, 15) is 0 Å². The Labute approximate surface area is 95.3 Å². The zero-order valence-electron chi connectivity index (χ0n) is 9.81. The van der Waals surface area contributed by atoms with Gasteiger partial charge in [0.25, 0.3) is 0 Å². The molecule has 0 unspecified atom stereocenters. The maximum absolute atomic E-state index is 5.90. The molecule has 2 N–H and O–H groups in total. The van der Waals surface area contributed by atoms with Crippen LogP contribution in [-0.2, 0) is 7.05 Å². The molecule has 0 atom stereocenters. The molecule has 1 aromatic heterocycles. The maximum Gasteiger partial charge on any atom is 0.0909 e. The summed E-state index contributed by atoms with van der Waals surface area (Å²) < 4.78 is 1.80. The first kappa shape index (κ1) is 10.5. The van der Waals surface area contributed by atoms with Crippen LogP contribution in [0.5, 0.6) is 0 Å². The summed E-state index contributed by atoms with van der Waals surface area (Å²) >= 11 is 0. The van der Waals surface area contributed by atoms with Crippen LogP contribution in [0.4, 0.5) is 11.4 Å². The second-order valence-corrected chi connectivity index (χ2v) is 4.02. The molecule has 1 aromatic carbocycles. The highest BCUT2D eigenvalue weighted by atomic mass is 15.3. The summed E-state index contributed by atoms with van der Waals surface area (Å²) in [6, 6.07) is 8.24. The molecular formula is C12H16N4. The van der Waals surface area contributed by atoms with Crippen LogP contribution in [0.2, 0.25) is 0 Å². The van der Waals surface area contributed by atoms with Crippen molar-refractivity contribution in [3.05, 3.63) is 30.5 Å². The van der Waals surface area contributed by atoms with Gasteiger partial charge in [0.1, 0.15) is 0 Å². The lowest BCUT2D eigenvalue weighted by molar-refractivity contribution is 0.776. The zero-order chi connectivity index (χ0) is 11.7. The predicted molar refractivity (Wildman–Crippen MR) is 67.4 cm³/mol. The minimum atomic E-state index is 0.707. The van der Waals surface area contributed by atoms with Gasteiger partial charge in [-0.15, -0.1) is 0 Å². The van der Waals surface area contributed by atoms with Crippen LogP contribution >= 0.6 is 0 Å². The molecule has 1 heterocycles. The van der Waals surface area contributed by atoms with Crippen molar-refractivity contribution in [1.82, 2.24) is 9.78 Å². The molecule has 0 saturated carbocycles. The minimum Gasteiger partial charge on any atom is -0.396 e. The van der Waals surface area contributed by atoms with Gasteiger partial charge in [0.2, 0.25) is 0 Å². The lowest BCUT2D eigenvalue weighted by Crippen LogP contribution is -2.08. The van der Waals surface area contributed by atoms with Crippen molar-refractivity contribution in [2.24, 2.45) is 7.05 Å². The van der Waals surface area contributed by atoms with Gasteiger partial charge in [0.15, 0.2) is 0 Å². The topological polar surface area (TPSA) is 47.1 Å². The van der Waals surface area contributed by atoms with Gasteiger partial charge in [-0.1, -0.05) is 12.1 Å². The van der Waals surface area contributed by atoms with E-state index in [0.29, 0.717) is 5.69 Å². The lowest BCUT2D eigenvalue weighted by Gasteiger charge is -2.13. The molecule has 4 nitrogen and oxygen atoms in total. The first-order valence-electron chi connectivity index (χ1n) is 5.15. The smallest absolute Gasteiger partial charge is 0.0909 e. The molecule has 0 aliphatic rings. The fourth-order valence-corrected chi connectivity index (χ4v) is 1.74. The highest BCUT2D eigenvalue weighted by Gasteiger charge is 2.08. The average Bonchev–Trinajstić information content (AvgIpc) is 2.59. The molecule has 4 heteroatoms. The number of aryl methyl sites for hydroxylation is 1. The third-order valence-corrected chi connectivity index (χ3v) is 2.60. The van der Waals surface area contributed by atoms with E-state index in [4.69, 9.17) is 5.73 Å². The van der Waals surface area contributed by atoms with Crippen molar-refractivity contribution in [3.63, 3.8) is 0 Å². The van der Waals surface area contributed by atoms with E-state index in [1.807, 2.05) is 33.3 Å². The van der Waals surface area contributed by atoms with Crippen LogP contribution < -0.4 is 10.6 Å². The second-order valence-electron chi connectivity index (χ2n) is 4.02. The summed E-state index contributed by atoms with van der Waals surface area (Å²) in [6.07, 6.45) is 1.68. The third kappa shape index (κ3) is 1.74. The molecule has 16 heavy (non-hydrogen) atoms. The molecule has 0 aliphatic heterocycles. The molecule has 0 amide bonds. The standard InChI is InChI=1S/C12H16N4/c1-15(2)10-6-4-5-9(7-10)12-11(13)8-14-16(12)3/h4-8H,13H2,1-3H3. The van der Waals surface area contributed by atoms with Crippen LogP contribution in [0.15, 0.2) is 30.5 Å². The molecule has 0 radical (unpaired) electrons. The van der Waals surface area contributed by atoms with Crippen molar-refractivity contribution in [3.8, 4) is 11.3 Å². The van der Waals surface area contributed by atoms with Gasteiger partial charge in [-0.2, -0.15) is 5.10 Å². The minimum absolute atomic E-state index is 0.707. The number of anilines is 2. The normalized spacial score (nSPS) is 10.4. The fraction of sp³-hybridized carbons (Fsp3) is 0.250. The summed E-state index contributed by atoms with van der Waals surface area (Å²) in [6.45, 7) is 0. The Morgan fingerprint density at radius 3 is 2.62 bits per heavy atom. The average molecular weight is 216 g/mol. The maximum atomic E-state index is 5.90. The Hall–Kier alpha value is -1.97. The molecule has 0 saturated heterocycles. The summed E-state index contributed by atoms with van der Waals surface area (Å²) in [5.41, 5.74) is 9.81. The Morgan fingerprint density at radius 2 is 2.06 bits per heavy atom. The van der Waals surface area contributed by atoms with Crippen LogP contribution in [0, 0.1) is 0 Å². The largest absolute Gasteiger partial charge is 0.396 e. The lowest BCUT2D eigenvalue weighted by atomic mass is 10.1. The molecule has 0 fully saturated rings. The Kier molecular flexibility index (Phi) is 2.56. The Bertz CT molecular complexity index is 480. The first-order chi connectivity index (χ1) is 7.59. The third-order valence-electron chi connectivity index (χ3n) is 2.60. The van der Waals surface area contributed by atoms with Gasteiger partial charge in [-0.25, -0.2) is 0 Å². The number of benzene rings is 1. The van der Waals surface area contributed by atoms with Gasteiger partial charge in [0.05, 0.1) is 17.6 Å². The van der Waals surface area contributed by atoms with Crippen molar-refractivity contribution in [2.45, 2.75) is 0 Å². The molecule has 84 valence electrons. The quantitative estimate of drug-likeness (QED) is 0.831. The van der Waals surface area contributed by atoms with Crippen LogP contribution in [-0.4, -0.2) is 23.9 Å². The van der Waals surface area contributed by atoms with E-state index in [-0.39, 0.29) is 0 Å². The van der Waals surface area contributed by atoms with Crippen molar-refractivity contribution in [2.75, 3.05) is 24.7 Å². The summed E-state index contributed by atoms with van der Waals surface area (Å²) in [5, 5.41) is 4.15. The summed E-state index contributed by atoms with van der Waals surface area (Å²) in [4.78, 5) is 2.07. The van der Waals surface area contributed by atoms with Crippen molar-refractivity contribution < 1.29 is 0 Å². The summed E-state index contributed by atoms with van der Waals surface area (Å²) in [7, 11) is 5.94. The van der Waals surface area contributed by atoms with Crippen LogP contribution in [0.3, 0.4) is 0 Å². The van der Waals surface area contributed by atoms with Crippen molar-refractivity contribution in [1.29, 1.82) is 0 Å². The highest BCUT2D eigenvalue weighted by molar-refractivity contribution is 5.75. The number of nitrogens with zero attached hydrogens (tertiary/aromatic N) is 3. The van der Waals surface area contributed by atoms with Gasteiger partial charge >= 0.3 is 0 Å². The van der Waals surface area contributed by atoms with E-state index in [0.717, 1.165) is 16.9 Å². The van der Waals surface area contributed by atoms with E-state index in [1.165, 1.54) is 0 Å². The van der Waals surface area contributed by atoms with Gasteiger partial charge in [-0.3, -0.25) is 4.68 Å². The number of hydrogen-bond donors (Lipinski definition) is 1. The molecule has 0 spiro atoms. The number of nitrogens with two attached hydrogens (primary N) is 1. The fourth-order valence-electron chi connectivity index (χ4n) is 1.74. The number of aromatic nitrogens is 2. The van der Waals surface area contributed by atoms with E-state index < -0.39 is 0 Å². The number of rotatable bonds is 2. The highest BCUT2D eigenvalue weighted by Crippen LogP contribution is 2.27.